The van der Waals surface area contributed by atoms with Gasteiger partial charge in [-0.25, -0.2) is 0 Å². The maximum Gasteiger partial charge on any atom is 0.192 e. The standard InChI is InChI=1S/C6H13N3S/c1-5(10-2)9-6-7-3-4-8-6/h5H,3-4H2,1-2H3,(H2,7,8,9). The van der Waals surface area contributed by atoms with Gasteiger partial charge in [-0.2, -0.15) is 0 Å². The summed E-state index contributed by atoms with van der Waals surface area (Å²) >= 11 is 1.78. The Morgan fingerprint density at radius 1 is 1.80 bits per heavy atom. The molecule has 1 rings (SSSR count). The van der Waals surface area contributed by atoms with Crippen LogP contribution in [0.3, 0.4) is 0 Å². The third-order valence-corrected chi connectivity index (χ3v) is 2.19. The highest BCUT2D eigenvalue weighted by atomic mass is 32.2. The van der Waals surface area contributed by atoms with E-state index in [-0.39, 0.29) is 0 Å². The summed E-state index contributed by atoms with van der Waals surface area (Å²) in [5.41, 5.74) is 0. The maximum absolute atomic E-state index is 4.20. The van der Waals surface area contributed by atoms with Crippen LogP contribution < -0.4 is 10.6 Å². The molecule has 0 fully saturated rings. The third-order valence-electron chi connectivity index (χ3n) is 1.37. The molecule has 3 nitrogen and oxygen atoms in total. The summed E-state index contributed by atoms with van der Waals surface area (Å²) < 4.78 is 0. The molecule has 0 radical (unpaired) electrons. The zero-order valence-electron chi connectivity index (χ0n) is 6.35. The van der Waals surface area contributed by atoms with Crippen LogP contribution in [0.2, 0.25) is 0 Å². The molecule has 0 aromatic carbocycles. The number of thioether (sulfide) groups is 1. The van der Waals surface area contributed by atoms with Crippen LogP contribution in [0, 0.1) is 0 Å². The van der Waals surface area contributed by atoms with E-state index in [0.717, 1.165) is 19.0 Å². The van der Waals surface area contributed by atoms with Gasteiger partial charge in [0.2, 0.25) is 0 Å². The number of nitrogens with zero attached hydrogens (tertiary/aromatic N) is 1. The molecule has 10 heavy (non-hydrogen) atoms. The lowest BCUT2D eigenvalue weighted by atomic mass is 10.7. The van der Waals surface area contributed by atoms with E-state index >= 15 is 0 Å². The van der Waals surface area contributed by atoms with E-state index in [4.69, 9.17) is 0 Å². The number of hydrogen-bond donors (Lipinski definition) is 2. The fraction of sp³-hybridized carbons (Fsp3) is 0.833. The van der Waals surface area contributed by atoms with E-state index in [1.807, 2.05) is 0 Å². The van der Waals surface area contributed by atoms with Gasteiger partial charge >= 0.3 is 0 Å². The summed E-state index contributed by atoms with van der Waals surface area (Å²) in [6, 6.07) is 0. The van der Waals surface area contributed by atoms with Crippen LogP contribution in [-0.2, 0) is 0 Å². The smallest absolute Gasteiger partial charge is 0.192 e. The summed E-state index contributed by atoms with van der Waals surface area (Å²) in [4.78, 5) is 4.20. The highest BCUT2D eigenvalue weighted by Crippen LogP contribution is 2.00. The quantitative estimate of drug-likeness (QED) is 0.567. The van der Waals surface area contributed by atoms with Gasteiger partial charge < -0.3 is 10.6 Å². The molecular weight excluding hydrogens is 146 g/mol. The zero-order valence-corrected chi connectivity index (χ0v) is 7.16. The molecule has 0 saturated carbocycles. The van der Waals surface area contributed by atoms with Crippen molar-refractivity contribution in [1.82, 2.24) is 10.6 Å². The molecule has 58 valence electrons. The highest BCUT2D eigenvalue weighted by molar-refractivity contribution is 7.99. The lowest BCUT2D eigenvalue weighted by Gasteiger charge is -2.11. The van der Waals surface area contributed by atoms with Crippen molar-refractivity contribution in [2.45, 2.75) is 12.3 Å². The molecule has 1 heterocycles. The van der Waals surface area contributed by atoms with Gasteiger partial charge in [0.05, 0.1) is 11.9 Å². The first-order chi connectivity index (χ1) is 4.83. The topological polar surface area (TPSA) is 36.4 Å². The van der Waals surface area contributed by atoms with Crippen LogP contribution in [0.4, 0.5) is 0 Å². The molecule has 2 N–H and O–H groups in total. The molecule has 0 amide bonds. The molecule has 0 spiro atoms. The van der Waals surface area contributed by atoms with Crippen molar-refractivity contribution < 1.29 is 0 Å². The lowest BCUT2D eigenvalue weighted by Crippen LogP contribution is -2.37. The summed E-state index contributed by atoms with van der Waals surface area (Å²) in [7, 11) is 0. The van der Waals surface area contributed by atoms with Gasteiger partial charge in [0.15, 0.2) is 5.96 Å². The van der Waals surface area contributed by atoms with Crippen molar-refractivity contribution in [2.24, 2.45) is 4.99 Å². The second-order valence-corrected chi connectivity index (χ2v) is 3.36. The van der Waals surface area contributed by atoms with E-state index in [0.29, 0.717) is 5.37 Å². The molecule has 0 aliphatic carbocycles. The lowest BCUT2D eigenvalue weighted by molar-refractivity contribution is 0.858. The Morgan fingerprint density at radius 2 is 2.60 bits per heavy atom. The van der Waals surface area contributed by atoms with Crippen molar-refractivity contribution in [3.8, 4) is 0 Å². The van der Waals surface area contributed by atoms with Gasteiger partial charge in [0.1, 0.15) is 0 Å². The Morgan fingerprint density at radius 3 is 3.10 bits per heavy atom. The molecule has 1 unspecified atom stereocenters. The second-order valence-electron chi connectivity index (χ2n) is 2.18. The van der Waals surface area contributed by atoms with Crippen molar-refractivity contribution in [3.05, 3.63) is 0 Å². The van der Waals surface area contributed by atoms with E-state index in [9.17, 15) is 0 Å². The first-order valence-corrected chi connectivity index (χ1v) is 4.69. The van der Waals surface area contributed by atoms with Crippen LogP contribution in [0.1, 0.15) is 6.92 Å². The van der Waals surface area contributed by atoms with E-state index in [1.54, 1.807) is 11.8 Å². The van der Waals surface area contributed by atoms with Crippen LogP contribution in [0.25, 0.3) is 0 Å². The predicted molar refractivity (Wildman–Crippen MR) is 46.4 cm³/mol. The van der Waals surface area contributed by atoms with Crippen molar-refractivity contribution in [3.63, 3.8) is 0 Å². The third kappa shape index (κ3) is 2.10. The Labute approximate surface area is 65.7 Å². The summed E-state index contributed by atoms with van der Waals surface area (Å²) in [6.07, 6.45) is 2.08. The molecule has 0 aromatic heterocycles. The molecule has 1 atom stereocenters. The Bertz CT molecular complexity index is 135. The van der Waals surface area contributed by atoms with Crippen molar-refractivity contribution >= 4 is 17.7 Å². The van der Waals surface area contributed by atoms with Crippen LogP contribution in [0.15, 0.2) is 4.99 Å². The summed E-state index contributed by atoms with van der Waals surface area (Å²) in [5, 5.41) is 6.83. The largest absolute Gasteiger partial charge is 0.355 e. The van der Waals surface area contributed by atoms with E-state index < -0.39 is 0 Å². The molecular formula is C6H13N3S. The monoisotopic (exact) mass is 159 g/mol. The van der Waals surface area contributed by atoms with Gasteiger partial charge in [0.25, 0.3) is 0 Å². The average Bonchev–Trinajstić information content (AvgIpc) is 2.40. The average molecular weight is 159 g/mol. The molecule has 4 heteroatoms. The van der Waals surface area contributed by atoms with Crippen LogP contribution in [0.5, 0.6) is 0 Å². The SMILES string of the molecule is CSC(C)NC1=NCCN1. The normalized spacial score (nSPS) is 19.6. The van der Waals surface area contributed by atoms with Gasteiger partial charge in [-0.15, -0.1) is 11.8 Å². The number of aliphatic imine (C=N–C) groups is 1. The van der Waals surface area contributed by atoms with Gasteiger partial charge in [-0.3, -0.25) is 4.99 Å². The summed E-state index contributed by atoms with van der Waals surface area (Å²) in [5.74, 6) is 0.946. The molecule has 0 aromatic rings. The predicted octanol–water partition coefficient (Wildman–Crippen LogP) is 0.244. The van der Waals surface area contributed by atoms with Gasteiger partial charge in [0, 0.05) is 6.54 Å². The van der Waals surface area contributed by atoms with Gasteiger partial charge in [-0.05, 0) is 13.2 Å². The first kappa shape index (κ1) is 7.72. The number of guanidine groups is 1. The fourth-order valence-corrected chi connectivity index (χ4v) is 0.976. The van der Waals surface area contributed by atoms with Crippen molar-refractivity contribution in [2.75, 3.05) is 19.3 Å². The van der Waals surface area contributed by atoms with Crippen LogP contribution >= 0.6 is 11.8 Å². The fourth-order valence-electron chi connectivity index (χ4n) is 0.746. The minimum Gasteiger partial charge on any atom is -0.355 e. The Balaban J connectivity index is 2.23. The van der Waals surface area contributed by atoms with E-state index in [2.05, 4.69) is 28.8 Å². The summed E-state index contributed by atoms with van der Waals surface area (Å²) in [6.45, 7) is 4.00. The minimum absolute atomic E-state index is 0.448. The Hall–Kier alpha value is -0.380. The molecule has 1 aliphatic rings. The number of rotatable bonds is 2. The second kappa shape index (κ2) is 3.71. The van der Waals surface area contributed by atoms with Gasteiger partial charge in [-0.1, -0.05) is 0 Å². The Kier molecular flexibility index (Phi) is 2.86. The number of hydrogen-bond acceptors (Lipinski definition) is 4. The zero-order chi connectivity index (χ0) is 7.40. The highest BCUT2D eigenvalue weighted by Gasteiger charge is 2.06. The number of nitrogens with one attached hydrogen (secondary N) is 2. The van der Waals surface area contributed by atoms with E-state index in [1.165, 1.54) is 0 Å². The van der Waals surface area contributed by atoms with Crippen molar-refractivity contribution in [1.29, 1.82) is 0 Å². The first-order valence-electron chi connectivity index (χ1n) is 3.40. The molecule has 0 saturated heterocycles. The molecule has 1 aliphatic heterocycles. The molecule has 0 bridgehead atoms. The minimum atomic E-state index is 0.448. The van der Waals surface area contributed by atoms with Crippen LogP contribution in [-0.4, -0.2) is 30.7 Å². The maximum atomic E-state index is 4.20.